The molecule has 0 heterocycles. The normalized spacial score (nSPS) is 10.2. The zero-order chi connectivity index (χ0) is 18.6. The molecule has 130 valence electrons. The molecule has 25 heavy (non-hydrogen) atoms. The van der Waals surface area contributed by atoms with Gasteiger partial charge in [0.15, 0.2) is 0 Å². The summed E-state index contributed by atoms with van der Waals surface area (Å²) in [7, 11) is 3.18. The lowest BCUT2D eigenvalue weighted by Crippen LogP contribution is -2.26. The van der Waals surface area contributed by atoms with Crippen LogP contribution in [0.2, 0.25) is 0 Å². The predicted octanol–water partition coefficient (Wildman–Crippen LogP) is 2.54. The zero-order valence-electron chi connectivity index (χ0n) is 14.3. The van der Waals surface area contributed by atoms with Gasteiger partial charge >= 0.3 is 0 Å². The Morgan fingerprint density at radius 3 is 2.28 bits per heavy atom. The molecule has 0 aliphatic heterocycles. The van der Waals surface area contributed by atoms with Gasteiger partial charge in [0.05, 0.1) is 4.92 Å². The van der Waals surface area contributed by atoms with Crippen LogP contribution in [0.4, 0.5) is 5.69 Å². The molecule has 0 aliphatic carbocycles. The van der Waals surface area contributed by atoms with Gasteiger partial charge in [0.1, 0.15) is 0 Å². The van der Waals surface area contributed by atoms with E-state index >= 15 is 0 Å². The first-order chi connectivity index (χ1) is 11.8. The van der Waals surface area contributed by atoms with Crippen molar-refractivity contribution in [1.82, 2.24) is 10.2 Å². The summed E-state index contributed by atoms with van der Waals surface area (Å²) in [4.78, 5) is 36.0. The van der Waals surface area contributed by atoms with E-state index in [1.54, 1.807) is 57.4 Å². The summed E-state index contributed by atoms with van der Waals surface area (Å²) in [6.07, 6.45) is 0. The average Bonchev–Trinajstić information content (AvgIpc) is 2.61. The maximum absolute atomic E-state index is 12.5. The molecule has 0 aliphatic rings. The summed E-state index contributed by atoms with van der Waals surface area (Å²) < 4.78 is 0. The predicted molar refractivity (Wildman–Crippen MR) is 93.5 cm³/mol. The fourth-order valence-corrected chi connectivity index (χ4v) is 2.41. The Hall–Kier alpha value is -3.22. The fourth-order valence-electron chi connectivity index (χ4n) is 2.41. The van der Waals surface area contributed by atoms with E-state index in [9.17, 15) is 19.7 Å². The maximum Gasteiger partial charge on any atom is 0.273 e. The Morgan fingerprint density at radius 2 is 1.72 bits per heavy atom. The highest BCUT2D eigenvalue weighted by atomic mass is 16.6. The molecule has 7 heteroatoms. The third kappa shape index (κ3) is 4.20. The average molecular weight is 341 g/mol. The SMILES string of the molecule is CNC(=O)c1ccc(CN(C)C(=O)c2ccc(C)c([N+](=O)[O-])c2)cc1. The van der Waals surface area contributed by atoms with Gasteiger partial charge in [0.2, 0.25) is 0 Å². The Kier molecular flexibility index (Phi) is 5.49. The van der Waals surface area contributed by atoms with Crippen molar-refractivity contribution >= 4 is 17.5 Å². The van der Waals surface area contributed by atoms with Gasteiger partial charge in [-0.05, 0) is 30.7 Å². The Morgan fingerprint density at radius 1 is 1.12 bits per heavy atom. The monoisotopic (exact) mass is 341 g/mol. The Balaban J connectivity index is 2.14. The van der Waals surface area contributed by atoms with Crippen molar-refractivity contribution in [3.8, 4) is 0 Å². The van der Waals surface area contributed by atoms with Gasteiger partial charge in [0, 0.05) is 43.4 Å². The van der Waals surface area contributed by atoms with E-state index in [0.717, 1.165) is 5.56 Å². The first-order valence-corrected chi connectivity index (χ1v) is 7.65. The first kappa shape index (κ1) is 18.1. The summed E-state index contributed by atoms with van der Waals surface area (Å²) >= 11 is 0. The molecule has 2 rings (SSSR count). The van der Waals surface area contributed by atoms with Crippen LogP contribution < -0.4 is 5.32 Å². The summed E-state index contributed by atoms with van der Waals surface area (Å²) in [6.45, 7) is 1.96. The van der Waals surface area contributed by atoms with Gasteiger partial charge in [-0.2, -0.15) is 0 Å². The van der Waals surface area contributed by atoms with Gasteiger partial charge in [-0.25, -0.2) is 0 Å². The number of nitrogens with one attached hydrogen (secondary N) is 1. The molecule has 0 spiro atoms. The number of hydrogen-bond acceptors (Lipinski definition) is 4. The lowest BCUT2D eigenvalue weighted by atomic mass is 10.1. The van der Waals surface area contributed by atoms with Crippen molar-refractivity contribution in [2.75, 3.05) is 14.1 Å². The van der Waals surface area contributed by atoms with Crippen LogP contribution in [0.5, 0.6) is 0 Å². The molecule has 2 aromatic rings. The third-order valence-corrected chi connectivity index (χ3v) is 3.86. The van der Waals surface area contributed by atoms with Crippen LogP contribution in [0.1, 0.15) is 31.8 Å². The van der Waals surface area contributed by atoms with Gasteiger partial charge in [-0.1, -0.05) is 18.2 Å². The number of nitro groups is 1. The second-order valence-electron chi connectivity index (χ2n) is 5.70. The van der Waals surface area contributed by atoms with Crippen molar-refractivity contribution in [3.05, 3.63) is 74.8 Å². The second-order valence-corrected chi connectivity index (χ2v) is 5.70. The van der Waals surface area contributed by atoms with Crippen LogP contribution in [-0.4, -0.2) is 35.7 Å². The molecule has 0 bridgehead atoms. The maximum atomic E-state index is 12.5. The Bertz CT molecular complexity index is 816. The van der Waals surface area contributed by atoms with Crippen molar-refractivity contribution < 1.29 is 14.5 Å². The lowest BCUT2D eigenvalue weighted by Gasteiger charge is -2.17. The number of rotatable bonds is 5. The summed E-state index contributed by atoms with van der Waals surface area (Å²) in [5.74, 6) is -0.485. The minimum atomic E-state index is -0.496. The van der Waals surface area contributed by atoms with E-state index in [-0.39, 0.29) is 23.1 Å². The van der Waals surface area contributed by atoms with Gasteiger partial charge < -0.3 is 10.2 Å². The van der Waals surface area contributed by atoms with Crippen LogP contribution in [0.25, 0.3) is 0 Å². The molecule has 0 unspecified atom stereocenters. The number of nitrogens with zero attached hydrogens (tertiary/aromatic N) is 2. The van der Waals surface area contributed by atoms with E-state index in [4.69, 9.17) is 0 Å². The summed E-state index contributed by atoms with van der Waals surface area (Å²) in [6, 6.07) is 11.3. The van der Waals surface area contributed by atoms with Crippen molar-refractivity contribution in [3.63, 3.8) is 0 Å². The number of nitro benzene ring substituents is 1. The number of carbonyl (C=O) groups is 2. The summed E-state index contributed by atoms with van der Waals surface area (Å²) in [5.41, 5.74) is 2.09. The van der Waals surface area contributed by atoms with Gasteiger partial charge in [-0.3, -0.25) is 19.7 Å². The number of benzene rings is 2. The van der Waals surface area contributed by atoms with E-state index in [1.165, 1.54) is 11.0 Å². The van der Waals surface area contributed by atoms with Crippen LogP contribution >= 0.6 is 0 Å². The van der Waals surface area contributed by atoms with Crippen molar-refractivity contribution in [2.45, 2.75) is 13.5 Å². The van der Waals surface area contributed by atoms with E-state index in [1.807, 2.05) is 0 Å². The van der Waals surface area contributed by atoms with Crippen LogP contribution in [0, 0.1) is 17.0 Å². The topological polar surface area (TPSA) is 92.6 Å². The van der Waals surface area contributed by atoms with Crippen LogP contribution in [-0.2, 0) is 6.54 Å². The third-order valence-electron chi connectivity index (χ3n) is 3.86. The number of aryl methyl sites for hydroxylation is 1. The molecular weight excluding hydrogens is 322 g/mol. The summed E-state index contributed by atoms with van der Waals surface area (Å²) in [5, 5.41) is 13.6. The van der Waals surface area contributed by atoms with Gasteiger partial charge in [-0.15, -0.1) is 0 Å². The molecule has 0 aromatic heterocycles. The highest BCUT2D eigenvalue weighted by molar-refractivity contribution is 5.95. The van der Waals surface area contributed by atoms with Crippen molar-refractivity contribution in [1.29, 1.82) is 0 Å². The van der Waals surface area contributed by atoms with E-state index < -0.39 is 4.92 Å². The Labute approximate surface area is 145 Å². The van der Waals surface area contributed by atoms with Crippen LogP contribution in [0.3, 0.4) is 0 Å². The van der Waals surface area contributed by atoms with Gasteiger partial charge in [0.25, 0.3) is 17.5 Å². The molecule has 2 aromatic carbocycles. The smallest absolute Gasteiger partial charge is 0.273 e. The largest absolute Gasteiger partial charge is 0.355 e. The second kappa shape index (κ2) is 7.57. The minimum absolute atomic E-state index is 0.0748. The molecule has 0 atom stereocenters. The number of hydrogen-bond donors (Lipinski definition) is 1. The molecule has 0 saturated carbocycles. The zero-order valence-corrected chi connectivity index (χ0v) is 14.3. The number of amides is 2. The first-order valence-electron chi connectivity index (χ1n) is 7.65. The standard InChI is InChI=1S/C18H19N3O4/c1-12-4-7-15(10-16(12)21(24)25)18(23)20(3)11-13-5-8-14(9-6-13)17(22)19-2/h4-10H,11H2,1-3H3,(H,19,22). The molecule has 7 nitrogen and oxygen atoms in total. The highest BCUT2D eigenvalue weighted by Gasteiger charge is 2.18. The number of carbonyl (C=O) groups excluding carboxylic acids is 2. The highest BCUT2D eigenvalue weighted by Crippen LogP contribution is 2.20. The minimum Gasteiger partial charge on any atom is -0.355 e. The molecule has 0 saturated heterocycles. The van der Waals surface area contributed by atoms with Crippen LogP contribution in [0.15, 0.2) is 42.5 Å². The quantitative estimate of drug-likeness (QED) is 0.668. The molecule has 1 N–H and O–H groups in total. The molecule has 0 radical (unpaired) electrons. The molecule has 2 amide bonds. The lowest BCUT2D eigenvalue weighted by molar-refractivity contribution is -0.385. The molecule has 0 fully saturated rings. The molecular formula is C18H19N3O4. The van der Waals surface area contributed by atoms with E-state index in [2.05, 4.69) is 5.32 Å². The van der Waals surface area contributed by atoms with Crippen molar-refractivity contribution in [2.24, 2.45) is 0 Å². The fraction of sp³-hybridized carbons (Fsp3) is 0.222. The van der Waals surface area contributed by atoms with E-state index in [0.29, 0.717) is 17.7 Å².